The molecule has 0 heterocycles. The van der Waals surface area contributed by atoms with Crippen molar-refractivity contribution in [3.8, 4) is 0 Å². The number of carbonyl (C=O) groups is 5. The van der Waals surface area contributed by atoms with Crippen LogP contribution in [0.4, 0.5) is 0 Å². The summed E-state index contributed by atoms with van der Waals surface area (Å²) in [4.78, 5) is 55.4. The van der Waals surface area contributed by atoms with Crippen LogP contribution in [0.2, 0.25) is 0 Å². The molecule has 4 N–H and O–H groups in total. The van der Waals surface area contributed by atoms with Crippen molar-refractivity contribution in [2.24, 2.45) is 5.41 Å². The Hall–Kier alpha value is -2.65. The summed E-state index contributed by atoms with van der Waals surface area (Å²) < 4.78 is 4.53. The molecule has 0 unspecified atom stereocenters. The number of esters is 1. The molecule has 0 atom stereocenters. The van der Waals surface area contributed by atoms with Crippen LogP contribution in [-0.4, -0.2) is 55.9 Å². The van der Waals surface area contributed by atoms with E-state index in [1.807, 2.05) is 0 Å². The molecule has 1 fully saturated rings. The van der Waals surface area contributed by atoms with Crippen molar-refractivity contribution < 1.29 is 49.1 Å². The Bertz CT molecular complexity index is 499. The van der Waals surface area contributed by atoms with Crippen LogP contribution in [0.25, 0.3) is 0 Å². The number of ether oxygens (including phenoxy) is 1. The number of carbonyl (C=O) groups excluding carboxylic acids is 1. The van der Waals surface area contributed by atoms with Crippen molar-refractivity contribution >= 4 is 29.8 Å². The monoisotopic (exact) mass is 304 g/mol. The van der Waals surface area contributed by atoms with Gasteiger partial charge in [-0.3, -0.25) is 19.2 Å². The Morgan fingerprint density at radius 2 is 1.33 bits per heavy atom. The summed E-state index contributed by atoms with van der Waals surface area (Å²) in [5, 5.41) is 35.3. The second-order valence-corrected chi connectivity index (χ2v) is 4.72. The van der Waals surface area contributed by atoms with Gasteiger partial charge in [0.25, 0.3) is 0 Å². The van der Waals surface area contributed by atoms with Crippen LogP contribution in [0.15, 0.2) is 0 Å². The molecule has 0 bridgehead atoms. The van der Waals surface area contributed by atoms with Crippen molar-refractivity contribution in [1.82, 2.24) is 0 Å². The molecule has 10 nitrogen and oxygen atoms in total. The second-order valence-electron chi connectivity index (χ2n) is 4.72. The zero-order valence-corrected chi connectivity index (χ0v) is 10.6. The molecular weight excluding hydrogens is 292 g/mol. The quantitative estimate of drug-likeness (QED) is 0.327. The number of hydrogen-bond donors (Lipinski definition) is 4. The van der Waals surface area contributed by atoms with Gasteiger partial charge in [-0.15, -0.1) is 0 Å². The molecule has 0 spiro atoms. The zero-order chi connectivity index (χ0) is 16.4. The van der Waals surface area contributed by atoms with Crippen LogP contribution in [0.3, 0.4) is 0 Å². The third-order valence-electron chi connectivity index (χ3n) is 3.10. The lowest BCUT2D eigenvalue weighted by atomic mass is 9.94. The summed E-state index contributed by atoms with van der Waals surface area (Å²) in [6.07, 6.45) is -2.76. The summed E-state index contributed by atoms with van der Waals surface area (Å²) in [6.45, 7) is 0. The minimum atomic E-state index is -2.85. The Labute approximate surface area is 116 Å². The topological polar surface area (TPSA) is 175 Å². The van der Waals surface area contributed by atoms with Crippen molar-refractivity contribution in [3.05, 3.63) is 0 Å². The van der Waals surface area contributed by atoms with E-state index in [4.69, 9.17) is 20.4 Å². The maximum absolute atomic E-state index is 11.8. The lowest BCUT2D eigenvalue weighted by Crippen LogP contribution is -2.49. The van der Waals surface area contributed by atoms with Crippen molar-refractivity contribution in [3.63, 3.8) is 0 Å². The molecule has 0 aromatic rings. The summed E-state index contributed by atoms with van der Waals surface area (Å²) in [6, 6.07) is 0. The number of rotatable bonds is 8. The van der Waals surface area contributed by atoms with Gasteiger partial charge in [-0.05, 0) is 12.8 Å². The molecule has 0 aromatic carbocycles. The van der Waals surface area contributed by atoms with Crippen LogP contribution in [0.1, 0.15) is 25.7 Å². The van der Waals surface area contributed by atoms with Gasteiger partial charge in [0.15, 0.2) is 5.41 Å². The van der Waals surface area contributed by atoms with E-state index in [2.05, 4.69) is 4.74 Å². The highest BCUT2D eigenvalue weighted by atomic mass is 16.6. The molecule has 0 aliphatic heterocycles. The van der Waals surface area contributed by atoms with Gasteiger partial charge < -0.3 is 25.2 Å². The third-order valence-corrected chi connectivity index (χ3v) is 3.10. The van der Waals surface area contributed by atoms with Crippen LogP contribution >= 0.6 is 0 Å². The normalized spacial score (nSPS) is 15.8. The number of aliphatic carboxylic acids is 4. The van der Waals surface area contributed by atoms with Gasteiger partial charge in [-0.2, -0.15) is 0 Å². The van der Waals surface area contributed by atoms with Crippen LogP contribution in [0.5, 0.6) is 0 Å². The first-order valence-corrected chi connectivity index (χ1v) is 5.69. The summed E-state index contributed by atoms with van der Waals surface area (Å²) >= 11 is 0. The van der Waals surface area contributed by atoms with Crippen molar-refractivity contribution in [1.29, 1.82) is 0 Å². The predicted octanol–water partition coefficient (Wildman–Crippen LogP) is -0.833. The highest BCUT2D eigenvalue weighted by Crippen LogP contribution is 2.48. The molecule has 1 aliphatic carbocycles. The van der Waals surface area contributed by atoms with Crippen LogP contribution < -0.4 is 0 Å². The first-order valence-electron chi connectivity index (χ1n) is 5.69. The van der Waals surface area contributed by atoms with E-state index in [9.17, 15) is 24.0 Å². The Morgan fingerprint density at radius 1 is 0.905 bits per heavy atom. The average molecular weight is 304 g/mol. The summed E-state index contributed by atoms with van der Waals surface area (Å²) in [7, 11) is 0. The van der Waals surface area contributed by atoms with E-state index in [1.165, 1.54) is 0 Å². The van der Waals surface area contributed by atoms with Gasteiger partial charge >= 0.3 is 29.8 Å². The van der Waals surface area contributed by atoms with E-state index in [1.54, 1.807) is 0 Å². The first kappa shape index (κ1) is 16.4. The molecule has 0 aromatic heterocycles. The van der Waals surface area contributed by atoms with E-state index in [-0.39, 0.29) is 12.8 Å². The largest absolute Gasteiger partial charge is 0.481 e. The average Bonchev–Trinajstić information content (AvgIpc) is 3.06. The molecular formula is C11H12O10. The Kier molecular flexibility index (Phi) is 4.21. The van der Waals surface area contributed by atoms with Gasteiger partial charge in [0.1, 0.15) is 0 Å². The zero-order valence-electron chi connectivity index (χ0n) is 10.6. The van der Waals surface area contributed by atoms with Gasteiger partial charge in [0.2, 0.25) is 5.60 Å². The van der Waals surface area contributed by atoms with Gasteiger partial charge in [0.05, 0.1) is 12.8 Å². The number of carboxylic acid groups (broad SMARTS) is 4. The summed E-state index contributed by atoms with van der Waals surface area (Å²) in [5.74, 6) is -8.35. The molecule has 1 saturated carbocycles. The standard InChI is InChI=1S/C11H12O10/c12-5(13)3-11(8(18)19,4-6(14)15)21-9(20)10(1-2-10)7(16)17/h1-4H2,(H,12,13)(H,14,15)(H,16,17)(H,18,19). The smallest absolute Gasteiger partial charge is 0.349 e. The van der Waals surface area contributed by atoms with Gasteiger partial charge in [0, 0.05) is 0 Å². The molecule has 1 aliphatic rings. The minimum Gasteiger partial charge on any atom is -0.481 e. The number of hydrogen-bond acceptors (Lipinski definition) is 6. The Morgan fingerprint density at radius 3 is 1.57 bits per heavy atom. The fourth-order valence-corrected chi connectivity index (χ4v) is 1.72. The summed E-state index contributed by atoms with van der Waals surface area (Å²) in [5.41, 5.74) is -4.77. The van der Waals surface area contributed by atoms with Crippen molar-refractivity contribution in [2.75, 3.05) is 0 Å². The SMILES string of the molecule is O=C(O)CC(CC(=O)O)(OC(=O)C1(C(=O)O)CC1)C(=O)O. The Balaban J connectivity index is 3.09. The highest BCUT2D eigenvalue weighted by Gasteiger charge is 2.61. The van der Waals surface area contributed by atoms with E-state index in [0.717, 1.165) is 0 Å². The van der Waals surface area contributed by atoms with E-state index < -0.39 is 53.7 Å². The second kappa shape index (κ2) is 5.38. The van der Waals surface area contributed by atoms with Crippen LogP contribution in [0, 0.1) is 5.41 Å². The lowest BCUT2D eigenvalue weighted by molar-refractivity contribution is -0.191. The number of carboxylic acids is 4. The van der Waals surface area contributed by atoms with E-state index >= 15 is 0 Å². The molecule has 21 heavy (non-hydrogen) atoms. The molecule has 0 radical (unpaired) electrons. The van der Waals surface area contributed by atoms with Gasteiger partial charge in [-0.1, -0.05) is 0 Å². The third kappa shape index (κ3) is 3.27. The van der Waals surface area contributed by atoms with Crippen molar-refractivity contribution in [2.45, 2.75) is 31.3 Å². The molecule has 10 heteroatoms. The van der Waals surface area contributed by atoms with Gasteiger partial charge in [-0.25, -0.2) is 4.79 Å². The molecule has 116 valence electrons. The highest BCUT2D eigenvalue weighted by molar-refractivity contribution is 6.03. The molecule has 0 amide bonds. The predicted molar refractivity (Wildman–Crippen MR) is 60.3 cm³/mol. The van der Waals surface area contributed by atoms with E-state index in [0.29, 0.717) is 0 Å². The van der Waals surface area contributed by atoms with Crippen LogP contribution in [-0.2, 0) is 28.7 Å². The molecule has 0 saturated heterocycles. The maximum Gasteiger partial charge on any atom is 0.349 e. The fourth-order valence-electron chi connectivity index (χ4n) is 1.72. The first-order chi connectivity index (χ1) is 9.55. The fraction of sp³-hybridized carbons (Fsp3) is 0.545. The maximum atomic E-state index is 11.8. The lowest BCUT2D eigenvalue weighted by Gasteiger charge is -2.27. The minimum absolute atomic E-state index is 0.0863. The molecule has 1 rings (SSSR count).